The van der Waals surface area contributed by atoms with Crippen LogP contribution in [-0.2, 0) is 4.74 Å². The molecule has 1 aromatic rings. The van der Waals surface area contributed by atoms with Crippen molar-refractivity contribution in [2.75, 3.05) is 11.9 Å². The molecule has 0 bridgehead atoms. The minimum atomic E-state index is -0.929. The van der Waals surface area contributed by atoms with E-state index in [1.165, 1.54) is 0 Å². The van der Waals surface area contributed by atoms with Gasteiger partial charge in [-0.3, -0.25) is 0 Å². The van der Waals surface area contributed by atoms with Gasteiger partial charge in [-0.2, -0.15) is 0 Å². The second-order valence-electron chi connectivity index (χ2n) is 5.41. The molecule has 1 saturated heterocycles. The molecule has 1 heterocycles. The molecule has 1 aliphatic rings. The van der Waals surface area contributed by atoms with Crippen molar-refractivity contribution in [3.8, 4) is 0 Å². The SMILES string of the molecule is CC1(C)CC(Nc2cccc(Br)c2C(=O)O)CCO1. The molecule has 1 aliphatic heterocycles. The van der Waals surface area contributed by atoms with Gasteiger partial charge >= 0.3 is 5.97 Å². The Kier molecular flexibility index (Phi) is 4.16. The Morgan fingerprint density at radius 1 is 1.53 bits per heavy atom. The zero-order valence-corrected chi connectivity index (χ0v) is 12.7. The van der Waals surface area contributed by atoms with Crippen LogP contribution in [0.5, 0.6) is 0 Å². The lowest BCUT2D eigenvalue weighted by Crippen LogP contribution is -2.40. The van der Waals surface area contributed by atoms with Crippen molar-refractivity contribution in [2.24, 2.45) is 0 Å². The summed E-state index contributed by atoms with van der Waals surface area (Å²) in [5.41, 5.74) is 0.780. The van der Waals surface area contributed by atoms with Crippen molar-refractivity contribution in [1.29, 1.82) is 0 Å². The summed E-state index contributed by atoms with van der Waals surface area (Å²) in [4.78, 5) is 11.3. The summed E-state index contributed by atoms with van der Waals surface area (Å²) in [5, 5.41) is 12.6. The number of carboxylic acids is 1. The topological polar surface area (TPSA) is 58.6 Å². The molecule has 1 unspecified atom stereocenters. The van der Waals surface area contributed by atoms with E-state index in [-0.39, 0.29) is 17.2 Å². The predicted molar refractivity (Wildman–Crippen MR) is 77.8 cm³/mol. The van der Waals surface area contributed by atoms with Crippen LogP contribution in [0, 0.1) is 0 Å². The third kappa shape index (κ3) is 3.48. The van der Waals surface area contributed by atoms with Crippen molar-refractivity contribution < 1.29 is 14.6 Å². The van der Waals surface area contributed by atoms with Gasteiger partial charge in [0.15, 0.2) is 0 Å². The molecule has 4 nitrogen and oxygen atoms in total. The molecule has 1 fully saturated rings. The Labute approximate surface area is 121 Å². The first-order valence-electron chi connectivity index (χ1n) is 6.31. The molecule has 0 saturated carbocycles. The van der Waals surface area contributed by atoms with Crippen LogP contribution in [0.3, 0.4) is 0 Å². The molecule has 0 spiro atoms. The number of anilines is 1. The highest BCUT2D eigenvalue weighted by Gasteiger charge is 2.29. The number of rotatable bonds is 3. The normalized spacial score (nSPS) is 21.9. The van der Waals surface area contributed by atoms with Crippen LogP contribution in [0.4, 0.5) is 5.69 Å². The lowest BCUT2D eigenvalue weighted by molar-refractivity contribution is -0.0553. The lowest BCUT2D eigenvalue weighted by Gasteiger charge is -2.36. The average molecular weight is 328 g/mol. The van der Waals surface area contributed by atoms with E-state index in [9.17, 15) is 9.90 Å². The van der Waals surface area contributed by atoms with Crippen molar-refractivity contribution in [3.05, 3.63) is 28.2 Å². The molecule has 0 aliphatic carbocycles. The first-order valence-corrected chi connectivity index (χ1v) is 7.11. The van der Waals surface area contributed by atoms with Gasteiger partial charge in [-0.25, -0.2) is 4.79 Å². The molecule has 104 valence electrons. The lowest BCUT2D eigenvalue weighted by atomic mass is 9.93. The highest BCUT2D eigenvalue weighted by molar-refractivity contribution is 9.10. The molecular formula is C14H18BrNO3. The maximum absolute atomic E-state index is 11.3. The number of halogens is 1. The van der Waals surface area contributed by atoms with Crippen LogP contribution >= 0.6 is 15.9 Å². The van der Waals surface area contributed by atoms with Gasteiger partial charge < -0.3 is 15.2 Å². The van der Waals surface area contributed by atoms with Gasteiger partial charge in [0.1, 0.15) is 0 Å². The first kappa shape index (κ1) is 14.3. The molecule has 0 radical (unpaired) electrons. The summed E-state index contributed by atoms with van der Waals surface area (Å²) in [6.45, 7) is 4.81. The van der Waals surface area contributed by atoms with Gasteiger partial charge in [-0.1, -0.05) is 6.07 Å². The Balaban J connectivity index is 2.19. The van der Waals surface area contributed by atoms with Gasteiger partial charge in [-0.15, -0.1) is 0 Å². The standard InChI is InChI=1S/C14H18BrNO3/c1-14(2)8-9(6-7-19-14)16-11-5-3-4-10(15)12(11)13(17)18/h3-5,9,16H,6-8H2,1-2H3,(H,17,18). The average Bonchev–Trinajstić information content (AvgIpc) is 2.26. The molecule has 19 heavy (non-hydrogen) atoms. The number of hydrogen-bond acceptors (Lipinski definition) is 3. The quantitative estimate of drug-likeness (QED) is 0.891. The summed E-state index contributed by atoms with van der Waals surface area (Å²) in [6.07, 6.45) is 1.74. The van der Waals surface area contributed by atoms with Gasteiger partial charge in [0.05, 0.1) is 16.9 Å². The van der Waals surface area contributed by atoms with Crippen LogP contribution in [0.15, 0.2) is 22.7 Å². The van der Waals surface area contributed by atoms with E-state index in [4.69, 9.17) is 4.74 Å². The van der Waals surface area contributed by atoms with Gasteiger partial charge in [-0.05, 0) is 54.8 Å². The summed E-state index contributed by atoms with van der Waals surface area (Å²) >= 11 is 3.29. The number of aromatic carboxylic acids is 1. The highest BCUT2D eigenvalue weighted by Crippen LogP contribution is 2.30. The number of carboxylic acid groups (broad SMARTS) is 1. The summed E-state index contributed by atoms with van der Waals surface area (Å²) in [5.74, 6) is -0.929. The summed E-state index contributed by atoms with van der Waals surface area (Å²) in [7, 11) is 0. The molecule has 1 atom stereocenters. The molecular weight excluding hydrogens is 310 g/mol. The first-order chi connectivity index (χ1) is 8.89. The Hall–Kier alpha value is -1.07. The fourth-order valence-electron chi connectivity index (χ4n) is 2.44. The Morgan fingerprint density at radius 3 is 2.89 bits per heavy atom. The van der Waals surface area contributed by atoms with Crippen LogP contribution in [0.1, 0.15) is 37.0 Å². The van der Waals surface area contributed by atoms with Crippen molar-refractivity contribution in [3.63, 3.8) is 0 Å². The molecule has 1 aromatic carbocycles. The second kappa shape index (κ2) is 5.51. The van der Waals surface area contributed by atoms with Gasteiger partial charge in [0.25, 0.3) is 0 Å². The van der Waals surface area contributed by atoms with E-state index in [1.54, 1.807) is 12.1 Å². The fourth-order valence-corrected chi connectivity index (χ4v) is 2.97. The number of carbonyl (C=O) groups is 1. The molecule has 2 rings (SSSR count). The van der Waals surface area contributed by atoms with Crippen molar-refractivity contribution in [2.45, 2.75) is 38.3 Å². The smallest absolute Gasteiger partial charge is 0.338 e. The van der Waals surface area contributed by atoms with Gasteiger partial charge in [0, 0.05) is 17.1 Å². The number of ether oxygens (including phenoxy) is 1. The zero-order valence-electron chi connectivity index (χ0n) is 11.1. The predicted octanol–water partition coefficient (Wildman–Crippen LogP) is 3.52. The van der Waals surface area contributed by atoms with Crippen LogP contribution in [0.2, 0.25) is 0 Å². The largest absolute Gasteiger partial charge is 0.478 e. The monoisotopic (exact) mass is 327 g/mol. The highest BCUT2D eigenvalue weighted by atomic mass is 79.9. The van der Waals surface area contributed by atoms with Crippen LogP contribution in [0.25, 0.3) is 0 Å². The Bertz CT molecular complexity index is 488. The van der Waals surface area contributed by atoms with E-state index in [0.29, 0.717) is 16.8 Å². The minimum Gasteiger partial charge on any atom is -0.478 e. The van der Waals surface area contributed by atoms with Gasteiger partial charge in [0.2, 0.25) is 0 Å². The fraction of sp³-hybridized carbons (Fsp3) is 0.500. The van der Waals surface area contributed by atoms with Crippen LogP contribution in [-0.4, -0.2) is 29.3 Å². The summed E-state index contributed by atoms with van der Waals surface area (Å²) < 4.78 is 6.26. The zero-order chi connectivity index (χ0) is 14.0. The maximum atomic E-state index is 11.3. The Morgan fingerprint density at radius 2 is 2.26 bits per heavy atom. The van der Waals surface area contributed by atoms with E-state index in [0.717, 1.165) is 12.8 Å². The van der Waals surface area contributed by atoms with Crippen molar-refractivity contribution in [1.82, 2.24) is 0 Å². The molecule has 0 amide bonds. The minimum absolute atomic E-state index is 0.161. The van der Waals surface area contributed by atoms with E-state index in [1.807, 2.05) is 6.07 Å². The van der Waals surface area contributed by atoms with E-state index < -0.39 is 5.97 Å². The third-order valence-electron chi connectivity index (χ3n) is 3.28. The maximum Gasteiger partial charge on any atom is 0.338 e. The third-order valence-corrected chi connectivity index (χ3v) is 3.95. The number of benzene rings is 1. The molecule has 2 N–H and O–H groups in total. The summed E-state index contributed by atoms with van der Waals surface area (Å²) in [6, 6.07) is 5.61. The second-order valence-corrected chi connectivity index (χ2v) is 6.26. The van der Waals surface area contributed by atoms with E-state index in [2.05, 4.69) is 35.1 Å². The molecule has 5 heteroatoms. The molecule has 0 aromatic heterocycles. The number of nitrogens with one attached hydrogen (secondary N) is 1. The van der Waals surface area contributed by atoms with Crippen molar-refractivity contribution >= 4 is 27.6 Å². The van der Waals surface area contributed by atoms with E-state index >= 15 is 0 Å². The van der Waals surface area contributed by atoms with Crippen LogP contribution < -0.4 is 5.32 Å². The number of hydrogen-bond donors (Lipinski definition) is 2.